The van der Waals surface area contributed by atoms with Gasteiger partial charge in [-0.05, 0) is 49.1 Å². The number of hydrogen-bond donors (Lipinski definition) is 2. The number of piperidine rings is 1. The number of methoxy groups -OCH3 is 1. The Bertz CT molecular complexity index is 1510. The summed E-state index contributed by atoms with van der Waals surface area (Å²) in [7, 11) is 1.48. The Balaban J connectivity index is 1.42. The fourth-order valence-corrected chi connectivity index (χ4v) is 5.44. The van der Waals surface area contributed by atoms with Crippen LogP contribution in [0.4, 0.5) is 0 Å². The molecule has 0 radical (unpaired) electrons. The Hall–Kier alpha value is -3.85. The monoisotopic (exact) mass is 578 g/mol. The van der Waals surface area contributed by atoms with Crippen molar-refractivity contribution in [1.82, 2.24) is 20.2 Å². The number of rotatable bonds is 8. The first-order chi connectivity index (χ1) is 19.3. The van der Waals surface area contributed by atoms with Crippen LogP contribution in [0.2, 0.25) is 10.0 Å². The maximum Gasteiger partial charge on any atom is 0.310 e. The number of carboxylic acid groups (broad SMARTS) is 1. The zero-order valence-electron chi connectivity index (χ0n) is 21.8. The lowest BCUT2D eigenvalue weighted by Crippen LogP contribution is -2.52. The van der Waals surface area contributed by atoms with Crippen molar-refractivity contribution in [3.63, 3.8) is 0 Å². The minimum absolute atomic E-state index is 0.0757. The number of carboxylic acids is 1. The summed E-state index contributed by atoms with van der Waals surface area (Å²) in [6.45, 7) is 0.755. The van der Waals surface area contributed by atoms with Crippen LogP contribution in [-0.4, -0.2) is 52.0 Å². The number of aliphatic carboxylic acids is 1. The summed E-state index contributed by atoms with van der Waals surface area (Å²) in [6, 6.07) is 23.9. The summed E-state index contributed by atoms with van der Waals surface area (Å²) >= 11 is 12.6. The second kappa shape index (κ2) is 11.7. The van der Waals surface area contributed by atoms with Crippen LogP contribution in [0.25, 0.3) is 16.9 Å². The molecule has 1 saturated heterocycles. The predicted molar refractivity (Wildman–Crippen MR) is 154 cm³/mol. The molecule has 1 aromatic heterocycles. The molecule has 0 aliphatic carbocycles. The molecule has 206 valence electrons. The number of hydrazine groups is 1. The van der Waals surface area contributed by atoms with Crippen LogP contribution < -0.4 is 10.2 Å². The molecule has 5 rings (SSSR count). The van der Waals surface area contributed by atoms with Crippen molar-refractivity contribution >= 4 is 35.1 Å². The molecule has 1 amide bonds. The molecule has 1 aliphatic heterocycles. The molecule has 4 aromatic rings. The summed E-state index contributed by atoms with van der Waals surface area (Å²) in [5, 5.41) is 17.5. The zero-order valence-corrected chi connectivity index (χ0v) is 23.3. The van der Waals surface area contributed by atoms with Gasteiger partial charge in [0.1, 0.15) is 5.69 Å². The second-order valence-electron chi connectivity index (χ2n) is 9.78. The summed E-state index contributed by atoms with van der Waals surface area (Å²) in [5.41, 5.74) is 4.93. The number of amides is 1. The molecule has 0 unspecified atom stereocenters. The maximum absolute atomic E-state index is 13.6. The lowest BCUT2D eigenvalue weighted by atomic mass is 9.74. The number of hydrogen-bond acceptors (Lipinski definition) is 5. The minimum atomic E-state index is -0.895. The van der Waals surface area contributed by atoms with Gasteiger partial charge in [-0.3, -0.25) is 15.0 Å². The van der Waals surface area contributed by atoms with Crippen molar-refractivity contribution in [2.45, 2.75) is 19.3 Å². The molecule has 0 atom stereocenters. The molecule has 8 nitrogen and oxygen atoms in total. The molecule has 1 fully saturated rings. The van der Waals surface area contributed by atoms with Gasteiger partial charge < -0.3 is 9.84 Å². The van der Waals surface area contributed by atoms with E-state index in [1.54, 1.807) is 34.0 Å². The number of nitrogens with one attached hydrogen (secondary N) is 1. The lowest BCUT2D eigenvalue weighted by molar-refractivity contribution is -0.152. The third-order valence-corrected chi connectivity index (χ3v) is 7.85. The number of halogens is 2. The second-order valence-corrected chi connectivity index (χ2v) is 10.6. The van der Waals surface area contributed by atoms with Crippen molar-refractivity contribution in [3.05, 3.63) is 100 Å². The van der Waals surface area contributed by atoms with Gasteiger partial charge in [0.25, 0.3) is 5.91 Å². The largest absolute Gasteiger partial charge is 0.492 e. The number of benzene rings is 3. The highest BCUT2D eigenvalue weighted by atomic mass is 35.5. The Morgan fingerprint density at radius 2 is 1.62 bits per heavy atom. The topological polar surface area (TPSA) is 96.7 Å². The van der Waals surface area contributed by atoms with E-state index >= 15 is 0 Å². The van der Waals surface area contributed by atoms with Gasteiger partial charge in [-0.2, -0.15) is 5.10 Å². The van der Waals surface area contributed by atoms with Gasteiger partial charge in [0.05, 0.1) is 23.2 Å². The average Bonchev–Trinajstić information content (AvgIpc) is 3.35. The van der Waals surface area contributed by atoms with Gasteiger partial charge in [-0.15, -0.1) is 0 Å². The summed E-state index contributed by atoms with van der Waals surface area (Å²) in [6.07, 6.45) is 1.21. The SMILES string of the molecule is COc1c(C(=O)NN2CCC(Cc3ccccc3)(C(=O)O)CC2)nn(-c2ccccc2Cl)c1-c1ccc(Cl)cc1. The third-order valence-electron chi connectivity index (χ3n) is 7.28. The summed E-state index contributed by atoms with van der Waals surface area (Å²) in [5.74, 6) is -1.01. The van der Waals surface area contributed by atoms with Crippen molar-refractivity contribution in [2.24, 2.45) is 5.41 Å². The van der Waals surface area contributed by atoms with Gasteiger partial charge in [0.15, 0.2) is 11.4 Å². The van der Waals surface area contributed by atoms with Crippen LogP contribution >= 0.6 is 23.2 Å². The van der Waals surface area contributed by atoms with Crippen LogP contribution in [0.3, 0.4) is 0 Å². The van der Waals surface area contributed by atoms with Gasteiger partial charge in [0, 0.05) is 23.7 Å². The Morgan fingerprint density at radius 1 is 0.975 bits per heavy atom. The molecule has 0 bridgehead atoms. The van der Waals surface area contributed by atoms with E-state index in [1.165, 1.54) is 7.11 Å². The van der Waals surface area contributed by atoms with E-state index in [9.17, 15) is 14.7 Å². The molecular formula is C30H28Cl2N4O4. The standard InChI is InChI=1S/C30H28Cl2N4O4/c1-40-27-25(33-36(24-10-6-5-9-23(24)32)26(27)21-11-13-22(31)14-12-21)28(37)34-35-17-15-30(16-18-35,29(38)39)19-20-7-3-2-4-8-20/h2-14H,15-19H2,1H3,(H,34,37)(H,38,39). The molecular weight excluding hydrogens is 551 g/mol. The van der Waals surface area contributed by atoms with Crippen molar-refractivity contribution < 1.29 is 19.4 Å². The molecule has 3 aromatic carbocycles. The smallest absolute Gasteiger partial charge is 0.310 e. The number of carbonyl (C=O) groups excluding carboxylic acids is 1. The van der Waals surface area contributed by atoms with E-state index < -0.39 is 17.3 Å². The minimum Gasteiger partial charge on any atom is -0.492 e. The molecule has 2 heterocycles. The van der Waals surface area contributed by atoms with Gasteiger partial charge >= 0.3 is 5.97 Å². The Kier molecular flexibility index (Phi) is 8.12. The number of nitrogens with zero attached hydrogens (tertiary/aromatic N) is 3. The Labute approximate surface area is 242 Å². The average molecular weight is 579 g/mol. The molecule has 2 N–H and O–H groups in total. The van der Waals surface area contributed by atoms with E-state index in [2.05, 4.69) is 10.5 Å². The maximum atomic E-state index is 13.6. The van der Waals surface area contributed by atoms with E-state index in [0.717, 1.165) is 11.1 Å². The van der Waals surface area contributed by atoms with Crippen molar-refractivity contribution in [2.75, 3.05) is 20.2 Å². The molecule has 0 saturated carbocycles. The van der Waals surface area contributed by atoms with Crippen molar-refractivity contribution in [1.29, 1.82) is 0 Å². The third kappa shape index (κ3) is 5.56. The molecule has 0 spiro atoms. The molecule has 1 aliphatic rings. The number of aromatic nitrogens is 2. The van der Waals surface area contributed by atoms with Crippen LogP contribution in [0, 0.1) is 5.41 Å². The fraction of sp³-hybridized carbons (Fsp3) is 0.233. The molecule has 10 heteroatoms. The van der Waals surface area contributed by atoms with E-state index in [4.69, 9.17) is 27.9 Å². The number of carbonyl (C=O) groups is 2. The Morgan fingerprint density at radius 3 is 2.25 bits per heavy atom. The van der Waals surface area contributed by atoms with E-state index in [0.29, 0.717) is 53.8 Å². The first-order valence-electron chi connectivity index (χ1n) is 12.8. The predicted octanol–water partition coefficient (Wildman–Crippen LogP) is 5.91. The van der Waals surface area contributed by atoms with Crippen molar-refractivity contribution in [3.8, 4) is 22.7 Å². The summed E-state index contributed by atoms with van der Waals surface area (Å²) < 4.78 is 7.32. The molecule has 40 heavy (non-hydrogen) atoms. The highest BCUT2D eigenvalue weighted by Crippen LogP contribution is 2.38. The van der Waals surface area contributed by atoms with Gasteiger partial charge in [-0.1, -0.05) is 77.8 Å². The summed E-state index contributed by atoms with van der Waals surface area (Å²) in [4.78, 5) is 25.9. The number of ether oxygens (including phenoxy) is 1. The van der Waals surface area contributed by atoms with Crippen LogP contribution in [0.5, 0.6) is 5.75 Å². The normalized spacial score (nSPS) is 15.0. The quantitative estimate of drug-likeness (QED) is 0.270. The van der Waals surface area contributed by atoms with Gasteiger partial charge in [0.2, 0.25) is 0 Å². The van der Waals surface area contributed by atoms with Crippen LogP contribution in [-0.2, 0) is 11.2 Å². The van der Waals surface area contributed by atoms with E-state index in [1.807, 2.05) is 54.6 Å². The highest BCUT2D eigenvalue weighted by molar-refractivity contribution is 6.32. The van der Waals surface area contributed by atoms with E-state index in [-0.39, 0.29) is 11.4 Å². The van der Waals surface area contributed by atoms with Gasteiger partial charge in [-0.25, -0.2) is 9.69 Å². The lowest BCUT2D eigenvalue weighted by Gasteiger charge is -2.38. The highest BCUT2D eigenvalue weighted by Gasteiger charge is 2.42. The zero-order chi connectivity index (χ0) is 28.3. The first-order valence-corrected chi connectivity index (χ1v) is 13.6. The first kappa shape index (κ1) is 27.7. The fourth-order valence-electron chi connectivity index (χ4n) is 5.10. The number of para-hydroxylation sites is 1. The van der Waals surface area contributed by atoms with Crippen LogP contribution in [0.1, 0.15) is 28.9 Å². The van der Waals surface area contributed by atoms with Crippen LogP contribution in [0.15, 0.2) is 78.9 Å².